The van der Waals surface area contributed by atoms with Crippen molar-refractivity contribution in [2.75, 3.05) is 37.2 Å². The number of hydrogen-bond donors (Lipinski definition) is 2. The minimum absolute atomic E-state index is 0.0842. The molecule has 0 radical (unpaired) electrons. The van der Waals surface area contributed by atoms with Crippen molar-refractivity contribution in [2.24, 2.45) is 0 Å². The lowest BCUT2D eigenvalue weighted by atomic mass is 10.1. The summed E-state index contributed by atoms with van der Waals surface area (Å²) in [5.41, 5.74) is 5.96. The summed E-state index contributed by atoms with van der Waals surface area (Å²) in [6, 6.07) is 1.33. The number of nitrogens with two attached hydrogens (primary N) is 1. The van der Waals surface area contributed by atoms with E-state index >= 15 is 0 Å². The Hall–Kier alpha value is -1.89. The molecule has 0 atom stereocenters. The first-order valence-electron chi connectivity index (χ1n) is 6.53. The first-order valence-corrected chi connectivity index (χ1v) is 6.53. The summed E-state index contributed by atoms with van der Waals surface area (Å²) in [6.45, 7) is 3.98. The van der Waals surface area contributed by atoms with E-state index in [0.29, 0.717) is 11.5 Å². The SMILES string of the molecule is Nc1cc([N+](=O)[O-])cnc1NCCN1CCCCC1. The van der Waals surface area contributed by atoms with Crippen molar-refractivity contribution in [1.29, 1.82) is 0 Å². The van der Waals surface area contributed by atoms with Gasteiger partial charge in [-0.05, 0) is 25.9 Å². The normalized spacial score (nSPS) is 16.2. The quantitative estimate of drug-likeness (QED) is 0.618. The number of nitrogens with zero attached hydrogens (tertiary/aromatic N) is 3. The number of likely N-dealkylation sites (tertiary alicyclic amines) is 1. The predicted molar refractivity (Wildman–Crippen MR) is 74.1 cm³/mol. The molecule has 2 rings (SSSR count). The third-order valence-electron chi connectivity index (χ3n) is 3.28. The number of nitrogen functional groups attached to an aromatic ring is 1. The van der Waals surface area contributed by atoms with Crippen molar-refractivity contribution in [2.45, 2.75) is 19.3 Å². The number of nitro groups is 1. The van der Waals surface area contributed by atoms with Gasteiger partial charge in [0, 0.05) is 19.2 Å². The molecule has 7 heteroatoms. The Morgan fingerprint density at radius 2 is 2.16 bits per heavy atom. The zero-order valence-corrected chi connectivity index (χ0v) is 10.8. The van der Waals surface area contributed by atoms with Crippen molar-refractivity contribution < 1.29 is 4.92 Å². The van der Waals surface area contributed by atoms with Gasteiger partial charge in [-0.1, -0.05) is 6.42 Å². The second kappa shape index (κ2) is 6.33. The largest absolute Gasteiger partial charge is 0.396 e. The average Bonchev–Trinajstić information content (AvgIpc) is 2.41. The molecule has 0 spiro atoms. The highest BCUT2D eigenvalue weighted by atomic mass is 16.6. The van der Waals surface area contributed by atoms with Crippen LogP contribution in [0.25, 0.3) is 0 Å². The minimum atomic E-state index is -0.499. The fraction of sp³-hybridized carbons (Fsp3) is 0.583. The summed E-state index contributed by atoms with van der Waals surface area (Å²) in [6.07, 6.45) is 5.07. The molecule has 7 nitrogen and oxygen atoms in total. The summed E-state index contributed by atoms with van der Waals surface area (Å²) in [4.78, 5) is 16.5. The molecule has 104 valence electrons. The van der Waals surface area contributed by atoms with Crippen molar-refractivity contribution in [3.63, 3.8) is 0 Å². The molecule has 1 aromatic heterocycles. The van der Waals surface area contributed by atoms with Gasteiger partial charge in [-0.2, -0.15) is 0 Å². The smallest absolute Gasteiger partial charge is 0.289 e. The monoisotopic (exact) mass is 265 g/mol. The van der Waals surface area contributed by atoms with Gasteiger partial charge < -0.3 is 16.0 Å². The summed E-state index contributed by atoms with van der Waals surface area (Å²) in [5, 5.41) is 13.7. The zero-order valence-electron chi connectivity index (χ0n) is 10.8. The summed E-state index contributed by atoms with van der Waals surface area (Å²) in [7, 11) is 0. The van der Waals surface area contributed by atoms with Gasteiger partial charge in [0.1, 0.15) is 12.0 Å². The predicted octanol–water partition coefficient (Wildman–Crippen LogP) is 1.47. The number of piperidine rings is 1. The van der Waals surface area contributed by atoms with Crippen LogP contribution in [0.15, 0.2) is 12.3 Å². The van der Waals surface area contributed by atoms with E-state index in [1.807, 2.05) is 0 Å². The van der Waals surface area contributed by atoms with Crippen LogP contribution in [0, 0.1) is 10.1 Å². The van der Waals surface area contributed by atoms with Crippen LogP contribution in [-0.2, 0) is 0 Å². The fourth-order valence-electron chi connectivity index (χ4n) is 2.23. The van der Waals surface area contributed by atoms with Gasteiger partial charge in [-0.3, -0.25) is 10.1 Å². The molecule has 1 saturated heterocycles. The number of aromatic nitrogens is 1. The van der Waals surface area contributed by atoms with Crippen LogP contribution in [0.4, 0.5) is 17.2 Å². The van der Waals surface area contributed by atoms with Crippen molar-refractivity contribution >= 4 is 17.2 Å². The highest BCUT2D eigenvalue weighted by Crippen LogP contribution is 2.20. The van der Waals surface area contributed by atoms with Gasteiger partial charge in [-0.15, -0.1) is 0 Å². The highest BCUT2D eigenvalue weighted by molar-refractivity contribution is 5.64. The Bertz CT molecular complexity index is 446. The lowest BCUT2D eigenvalue weighted by Crippen LogP contribution is -2.33. The fourth-order valence-corrected chi connectivity index (χ4v) is 2.23. The first-order chi connectivity index (χ1) is 9.16. The molecule has 0 amide bonds. The van der Waals surface area contributed by atoms with E-state index in [1.54, 1.807) is 0 Å². The highest BCUT2D eigenvalue weighted by Gasteiger charge is 2.11. The first kappa shape index (κ1) is 13.5. The molecule has 1 fully saturated rings. The van der Waals surface area contributed by atoms with Gasteiger partial charge in [-0.25, -0.2) is 4.98 Å². The molecule has 0 bridgehead atoms. The maximum Gasteiger partial charge on any atom is 0.289 e. The van der Waals surface area contributed by atoms with E-state index in [1.165, 1.54) is 31.5 Å². The van der Waals surface area contributed by atoms with Gasteiger partial charge in [0.15, 0.2) is 0 Å². The van der Waals surface area contributed by atoms with Crippen LogP contribution in [0.3, 0.4) is 0 Å². The van der Waals surface area contributed by atoms with E-state index in [9.17, 15) is 10.1 Å². The number of rotatable bonds is 5. The Labute approximate surface area is 112 Å². The molecule has 19 heavy (non-hydrogen) atoms. The Morgan fingerprint density at radius 3 is 2.79 bits per heavy atom. The molecule has 0 saturated carbocycles. The molecule has 0 aromatic carbocycles. The molecule has 1 aliphatic rings. The molecule has 1 aromatic rings. The Kier molecular flexibility index (Phi) is 4.51. The topological polar surface area (TPSA) is 97.3 Å². The van der Waals surface area contributed by atoms with Crippen molar-refractivity contribution in [3.8, 4) is 0 Å². The number of hydrogen-bond acceptors (Lipinski definition) is 6. The molecule has 1 aliphatic heterocycles. The molecule has 3 N–H and O–H groups in total. The van der Waals surface area contributed by atoms with Crippen molar-refractivity contribution in [3.05, 3.63) is 22.4 Å². The van der Waals surface area contributed by atoms with E-state index in [2.05, 4.69) is 15.2 Å². The number of pyridine rings is 1. The van der Waals surface area contributed by atoms with Crippen LogP contribution in [0.2, 0.25) is 0 Å². The Morgan fingerprint density at radius 1 is 1.42 bits per heavy atom. The summed E-state index contributed by atoms with van der Waals surface area (Å²) >= 11 is 0. The summed E-state index contributed by atoms with van der Waals surface area (Å²) < 4.78 is 0. The van der Waals surface area contributed by atoms with E-state index in [0.717, 1.165) is 26.2 Å². The molecular weight excluding hydrogens is 246 g/mol. The van der Waals surface area contributed by atoms with Crippen molar-refractivity contribution in [1.82, 2.24) is 9.88 Å². The third-order valence-corrected chi connectivity index (χ3v) is 3.28. The van der Waals surface area contributed by atoms with Gasteiger partial charge in [0.2, 0.25) is 0 Å². The van der Waals surface area contributed by atoms with Gasteiger partial charge in [0.25, 0.3) is 5.69 Å². The maximum absolute atomic E-state index is 10.6. The maximum atomic E-state index is 10.6. The second-order valence-electron chi connectivity index (χ2n) is 4.72. The number of anilines is 2. The van der Waals surface area contributed by atoms with Crippen LogP contribution in [0.5, 0.6) is 0 Å². The van der Waals surface area contributed by atoms with Crippen LogP contribution < -0.4 is 11.1 Å². The van der Waals surface area contributed by atoms with E-state index in [4.69, 9.17) is 5.73 Å². The standard InChI is InChI=1S/C12H19N5O2/c13-11-8-10(17(18)19)9-15-12(11)14-4-7-16-5-2-1-3-6-16/h8-9H,1-7,13H2,(H,14,15). The Balaban J connectivity index is 1.83. The molecule has 0 aliphatic carbocycles. The minimum Gasteiger partial charge on any atom is -0.396 e. The van der Waals surface area contributed by atoms with E-state index in [-0.39, 0.29) is 5.69 Å². The van der Waals surface area contributed by atoms with Crippen LogP contribution in [0.1, 0.15) is 19.3 Å². The third kappa shape index (κ3) is 3.78. The lowest BCUT2D eigenvalue weighted by Gasteiger charge is -2.26. The van der Waals surface area contributed by atoms with Gasteiger partial charge >= 0.3 is 0 Å². The molecular formula is C12H19N5O2. The van der Waals surface area contributed by atoms with E-state index < -0.39 is 4.92 Å². The van der Waals surface area contributed by atoms with Crippen LogP contribution in [-0.4, -0.2) is 41.0 Å². The number of nitrogens with one attached hydrogen (secondary N) is 1. The lowest BCUT2D eigenvalue weighted by molar-refractivity contribution is -0.385. The molecule has 0 unspecified atom stereocenters. The zero-order chi connectivity index (χ0) is 13.7. The average molecular weight is 265 g/mol. The molecule has 2 heterocycles. The van der Waals surface area contributed by atoms with Gasteiger partial charge in [0.05, 0.1) is 10.6 Å². The second-order valence-corrected chi connectivity index (χ2v) is 4.72. The summed E-state index contributed by atoms with van der Waals surface area (Å²) in [5.74, 6) is 0.516. The van der Waals surface area contributed by atoms with Crippen LogP contribution >= 0.6 is 0 Å².